The number of hydrogen-bond acceptors (Lipinski definition) is 10. The van der Waals surface area contributed by atoms with Crippen LogP contribution in [0.5, 0.6) is 5.75 Å². The number of para-hydroxylation sites is 1. The third-order valence-corrected chi connectivity index (χ3v) is 7.28. The maximum atomic E-state index is 7.76. The first kappa shape index (κ1) is 26.3. The van der Waals surface area contributed by atoms with Crippen LogP contribution < -0.4 is 15.0 Å². The van der Waals surface area contributed by atoms with E-state index in [1.165, 1.54) is 4.80 Å². The maximum Gasteiger partial charge on any atom is 0.293 e. The van der Waals surface area contributed by atoms with E-state index in [1.54, 1.807) is 21.3 Å². The van der Waals surface area contributed by atoms with Gasteiger partial charge in [-0.2, -0.15) is 4.80 Å². The van der Waals surface area contributed by atoms with Crippen LogP contribution in [-0.4, -0.2) is 69.3 Å². The highest BCUT2D eigenvalue weighted by atomic mass is 16.5. The Morgan fingerprint density at radius 2 is 2.00 bits per heavy atom. The zero-order valence-corrected chi connectivity index (χ0v) is 23.4. The van der Waals surface area contributed by atoms with Crippen molar-refractivity contribution in [1.29, 1.82) is 0 Å². The minimum atomic E-state index is 0.177. The molecule has 1 fully saturated rings. The Morgan fingerprint density at radius 1 is 1.12 bits per heavy atom. The van der Waals surface area contributed by atoms with Gasteiger partial charge in [0.2, 0.25) is 5.82 Å². The number of benzene rings is 1. The second-order valence-corrected chi connectivity index (χ2v) is 10.1. The first-order valence-electron chi connectivity index (χ1n) is 13.4. The monoisotopic (exact) mass is 550 g/mol. The number of aliphatic imine (C=N–C) groups is 1. The Balaban J connectivity index is 1.32. The van der Waals surface area contributed by atoms with Crippen molar-refractivity contribution in [1.82, 2.24) is 30.2 Å². The molecule has 0 saturated carbocycles. The molecular weight excluding hydrogens is 520 g/mol. The molecule has 2 aliphatic heterocycles. The smallest absolute Gasteiger partial charge is 0.293 e. The predicted octanol–water partition coefficient (Wildman–Crippen LogP) is 4.43. The Hall–Kier alpha value is -4.89. The van der Waals surface area contributed by atoms with Crippen molar-refractivity contribution in [3.05, 3.63) is 64.9 Å². The molecule has 4 aromatic rings. The van der Waals surface area contributed by atoms with Crippen LogP contribution in [0.25, 0.3) is 16.2 Å². The number of nitrogens with one attached hydrogen (secondary N) is 1. The number of rotatable bonds is 8. The number of aryl methyl sites for hydroxylation is 1. The lowest BCUT2D eigenvalue weighted by Crippen LogP contribution is -2.22. The molecule has 0 spiro atoms. The summed E-state index contributed by atoms with van der Waals surface area (Å²) < 4.78 is 11.3. The number of tetrazole rings is 1. The van der Waals surface area contributed by atoms with Gasteiger partial charge in [-0.05, 0) is 48.9 Å². The largest absolute Gasteiger partial charge is 0.494 e. The number of nitrogens with zero attached hydrogens (tertiary/aromatic N) is 9. The van der Waals surface area contributed by atoms with Crippen LogP contribution in [0.2, 0.25) is 0 Å². The highest BCUT2D eigenvalue weighted by molar-refractivity contribution is 5.95. The first-order chi connectivity index (χ1) is 19.9. The second-order valence-electron chi connectivity index (χ2n) is 10.1. The van der Waals surface area contributed by atoms with Crippen molar-refractivity contribution < 1.29 is 9.47 Å². The lowest BCUT2D eigenvalue weighted by atomic mass is 10.1. The number of methoxy groups -OCH3 is 2. The van der Waals surface area contributed by atoms with Crippen LogP contribution in [-0.2, 0) is 24.6 Å². The van der Waals surface area contributed by atoms with Gasteiger partial charge in [0.1, 0.15) is 11.4 Å². The van der Waals surface area contributed by atoms with E-state index in [0.29, 0.717) is 30.2 Å². The number of hydrogen-bond donors (Lipinski definition) is 1. The molecule has 0 radical (unpaired) electrons. The molecule has 1 aromatic carbocycles. The lowest BCUT2D eigenvalue weighted by Gasteiger charge is -2.19. The topological polar surface area (TPSA) is 120 Å². The third-order valence-electron chi connectivity index (χ3n) is 7.28. The standard InChI is InChI=1S/C29H30N10O2/c1-17-13-23-26(31-17)24(34-22-8-6-7-21(27(22)41-5)28-35-37-38(3)36-28)15-19(32-23)14-18-9-10-25(29(30-2)33-18)39-12-11-20(16-39)40-4/h6-10,15,20H,11-14,16H2,1,3-5H3,(H,32,34)/t20-/m0/s1. The number of pyridine rings is 2. The van der Waals surface area contributed by atoms with Crippen LogP contribution in [0.15, 0.2) is 41.4 Å². The summed E-state index contributed by atoms with van der Waals surface area (Å²) in [6.45, 7) is 11.4. The van der Waals surface area contributed by atoms with E-state index in [0.717, 1.165) is 70.6 Å². The van der Waals surface area contributed by atoms with Gasteiger partial charge in [-0.15, -0.1) is 15.2 Å². The summed E-state index contributed by atoms with van der Waals surface area (Å²) in [7, 11) is 5.07. The van der Waals surface area contributed by atoms with Crippen LogP contribution in [0, 0.1) is 6.57 Å². The van der Waals surface area contributed by atoms with Crippen molar-refractivity contribution in [3.8, 4) is 17.1 Å². The minimum Gasteiger partial charge on any atom is -0.494 e. The molecule has 6 rings (SSSR count). The van der Waals surface area contributed by atoms with Crippen LogP contribution in [0.1, 0.15) is 30.4 Å². The van der Waals surface area contributed by atoms with Gasteiger partial charge in [0.25, 0.3) is 5.82 Å². The molecule has 5 heterocycles. The molecule has 41 heavy (non-hydrogen) atoms. The molecule has 0 bridgehead atoms. The fourth-order valence-electron chi connectivity index (χ4n) is 5.36. The SMILES string of the molecule is [C-]#[N+]c1nc(Cc2cc(Nc3cccc(-c4nnn(C)n4)c3OC)c3c(n2)CC(C)=N3)ccc1N1CC[C@H](OC)C1. The summed E-state index contributed by atoms with van der Waals surface area (Å²) in [6, 6.07) is 11.7. The maximum absolute atomic E-state index is 7.76. The first-order valence-corrected chi connectivity index (χ1v) is 13.4. The molecular formula is C29H30N10O2. The Bertz CT molecular complexity index is 1690. The van der Waals surface area contributed by atoms with E-state index >= 15 is 0 Å². The van der Waals surface area contributed by atoms with Gasteiger partial charge in [0.05, 0.1) is 60.7 Å². The van der Waals surface area contributed by atoms with Gasteiger partial charge in [-0.3, -0.25) is 9.98 Å². The predicted molar refractivity (Wildman–Crippen MR) is 156 cm³/mol. The van der Waals surface area contributed by atoms with Crippen molar-refractivity contribution in [2.45, 2.75) is 32.3 Å². The molecule has 12 heteroatoms. The highest BCUT2D eigenvalue weighted by Crippen LogP contribution is 2.41. The van der Waals surface area contributed by atoms with Crippen molar-refractivity contribution >= 4 is 34.3 Å². The van der Waals surface area contributed by atoms with Gasteiger partial charge < -0.3 is 24.5 Å². The summed E-state index contributed by atoms with van der Waals surface area (Å²) in [6.07, 6.45) is 2.27. The van der Waals surface area contributed by atoms with Crippen molar-refractivity contribution in [2.75, 3.05) is 37.5 Å². The van der Waals surface area contributed by atoms with Crippen LogP contribution in [0.4, 0.5) is 28.6 Å². The van der Waals surface area contributed by atoms with E-state index in [4.69, 9.17) is 31.0 Å². The molecule has 0 amide bonds. The average molecular weight is 551 g/mol. The highest BCUT2D eigenvalue weighted by Gasteiger charge is 2.26. The molecule has 12 nitrogen and oxygen atoms in total. The Morgan fingerprint density at radius 3 is 2.73 bits per heavy atom. The summed E-state index contributed by atoms with van der Waals surface area (Å²) in [5.74, 6) is 1.47. The van der Waals surface area contributed by atoms with Gasteiger partial charge in [-0.25, -0.2) is 0 Å². The summed E-state index contributed by atoms with van der Waals surface area (Å²) in [5.41, 5.74) is 7.45. The fourth-order valence-corrected chi connectivity index (χ4v) is 5.36. The van der Waals surface area contributed by atoms with Gasteiger partial charge in [0, 0.05) is 32.3 Å². The molecule has 1 N–H and O–H groups in total. The van der Waals surface area contributed by atoms with Crippen LogP contribution >= 0.6 is 0 Å². The van der Waals surface area contributed by atoms with E-state index in [9.17, 15) is 0 Å². The molecule has 1 saturated heterocycles. The van der Waals surface area contributed by atoms with E-state index in [-0.39, 0.29) is 6.10 Å². The fraction of sp³-hybridized carbons (Fsp3) is 0.345. The molecule has 0 unspecified atom stereocenters. The molecule has 1 atom stereocenters. The van der Waals surface area contributed by atoms with E-state index in [2.05, 4.69) is 30.5 Å². The summed E-state index contributed by atoms with van der Waals surface area (Å²) >= 11 is 0. The van der Waals surface area contributed by atoms with Crippen LogP contribution in [0.3, 0.4) is 0 Å². The zero-order chi connectivity index (χ0) is 28.5. The second kappa shape index (κ2) is 10.9. The third kappa shape index (κ3) is 5.19. The van der Waals surface area contributed by atoms with Gasteiger partial charge in [0.15, 0.2) is 5.75 Å². The lowest BCUT2D eigenvalue weighted by molar-refractivity contribution is 0.121. The number of ether oxygens (including phenoxy) is 2. The molecule has 3 aromatic heterocycles. The number of aromatic nitrogens is 6. The van der Waals surface area contributed by atoms with E-state index in [1.807, 2.05) is 43.3 Å². The Labute approximate surface area is 237 Å². The number of fused-ring (bicyclic) bond motifs is 1. The minimum absolute atomic E-state index is 0.177. The van der Waals surface area contributed by atoms with Crippen molar-refractivity contribution in [2.24, 2.45) is 12.0 Å². The molecule has 208 valence electrons. The van der Waals surface area contributed by atoms with Gasteiger partial charge >= 0.3 is 0 Å². The summed E-state index contributed by atoms with van der Waals surface area (Å²) in [4.78, 5) is 21.7. The summed E-state index contributed by atoms with van der Waals surface area (Å²) in [5, 5.41) is 16.0. The Kier molecular flexibility index (Phi) is 7.03. The normalized spacial score (nSPS) is 15.9. The molecule has 2 aliphatic rings. The number of anilines is 3. The zero-order valence-electron chi connectivity index (χ0n) is 23.4. The molecule has 0 aliphatic carbocycles. The average Bonchev–Trinajstić information content (AvgIpc) is 3.72. The van der Waals surface area contributed by atoms with E-state index < -0.39 is 0 Å². The van der Waals surface area contributed by atoms with Gasteiger partial charge in [-0.1, -0.05) is 12.6 Å². The quantitative estimate of drug-likeness (QED) is 0.318. The van der Waals surface area contributed by atoms with Crippen molar-refractivity contribution in [3.63, 3.8) is 0 Å².